The Bertz CT molecular complexity index is 516. The maximum atomic E-state index is 11.9. The van der Waals surface area contributed by atoms with Gasteiger partial charge in [-0.1, -0.05) is 19.1 Å². The van der Waals surface area contributed by atoms with Gasteiger partial charge >= 0.3 is 5.97 Å². The van der Waals surface area contributed by atoms with Gasteiger partial charge in [-0.2, -0.15) is 0 Å². The number of likely N-dealkylation sites (N-methyl/N-ethyl adjacent to an activating group) is 1. The molecule has 1 aliphatic heterocycles. The third-order valence-corrected chi connectivity index (χ3v) is 4.28. The Kier molecular flexibility index (Phi) is 4.85. The molecule has 1 aliphatic rings. The number of esters is 1. The van der Waals surface area contributed by atoms with E-state index in [1.165, 1.54) is 7.11 Å². The first-order chi connectivity index (χ1) is 9.93. The number of nitrogen functional groups attached to an aromatic ring is 1. The standard InChI is InChI=1S/C16H25N3O2/c1-11-8-19(10-14(11)18(2)3)9-12-6-5-7-13(17)15(12)16(20)21-4/h5-7,11,14H,8-10,17H2,1-4H3. The Morgan fingerprint density at radius 2 is 2.14 bits per heavy atom. The van der Waals surface area contributed by atoms with Gasteiger partial charge in [0.1, 0.15) is 0 Å². The number of nitrogens with two attached hydrogens (primary N) is 1. The van der Waals surface area contributed by atoms with Gasteiger partial charge in [0.15, 0.2) is 0 Å². The zero-order valence-electron chi connectivity index (χ0n) is 13.3. The molecule has 1 heterocycles. The average molecular weight is 291 g/mol. The summed E-state index contributed by atoms with van der Waals surface area (Å²) in [5.74, 6) is 0.252. The molecule has 0 radical (unpaired) electrons. The molecule has 0 aromatic heterocycles. The van der Waals surface area contributed by atoms with E-state index < -0.39 is 0 Å². The fourth-order valence-electron chi connectivity index (χ4n) is 3.19. The summed E-state index contributed by atoms with van der Waals surface area (Å²) in [6.45, 7) is 5.03. The first-order valence-corrected chi connectivity index (χ1v) is 7.28. The molecule has 5 heteroatoms. The van der Waals surface area contributed by atoms with Crippen LogP contribution in [-0.2, 0) is 11.3 Å². The molecule has 2 rings (SSSR count). The number of ether oxygens (including phenoxy) is 1. The number of carbonyl (C=O) groups is 1. The lowest BCUT2D eigenvalue weighted by Gasteiger charge is -2.23. The second-order valence-electron chi connectivity index (χ2n) is 6.08. The summed E-state index contributed by atoms with van der Waals surface area (Å²) in [5.41, 5.74) is 7.87. The molecule has 2 unspecified atom stereocenters. The van der Waals surface area contributed by atoms with E-state index >= 15 is 0 Å². The van der Waals surface area contributed by atoms with Crippen LogP contribution in [-0.4, -0.2) is 56.1 Å². The van der Waals surface area contributed by atoms with E-state index in [0.29, 0.717) is 23.2 Å². The van der Waals surface area contributed by atoms with Gasteiger partial charge in [-0.05, 0) is 31.6 Å². The van der Waals surface area contributed by atoms with Crippen molar-refractivity contribution in [3.8, 4) is 0 Å². The third kappa shape index (κ3) is 3.36. The topological polar surface area (TPSA) is 58.8 Å². The first-order valence-electron chi connectivity index (χ1n) is 7.28. The molecule has 1 aromatic rings. The molecule has 1 saturated heterocycles. The summed E-state index contributed by atoms with van der Waals surface area (Å²) < 4.78 is 4.86. The van der Waals surface area contributed by atoms with Crippen molar-refractivity contribution in [2.24, 2.45) is 5.92 Å². The van der Waals surface area contributed by atoms with E-state index in [9.17, 15) is 4.79 Å². The van der Waals surface area contributed by atoms with E-state index in [1.54, 1.807) is 6.07 Å². The number of rotatable bonds is 4. The second kappa shape index (κ2) is 6.45. The molecule has 1 aromatic carbocycles. The molecule has 0 bridgehead atoms. The van der Waals surface area contributed by atoms with Gasteiger partial charge in [0.25, 0.3) is 0 Å². The van der Waals surface area contributed by atoms with Gasteiger partial charge in [0, 0.05) is 31.4 Å². The fraction of sp³-hybridized carbons (Fsp3) is 0.562. The van der Waals surface area contributed by atoms with Gasteiger partial charge < -0.3 is 15.4 Å². The monoisotopic (exact) mass is 291 g/mol. The highest BCUT2D eigenvalue weighted by Crippen LogP contribution is 2.25. The van der Waals surface area contributed by atoms with Crippen LogP contribution in [0.2, 0.25) is 0 Å². The predicted octanol–water partition coefficient (Wildman–Crippen LogP) is 1.44. The number of nitrogens with zero attached hydrogens (tertiary/aromatic N) is 2. The molecule has 21 heavy (non-hydrogen) atoms. The zero-order valence-corrected chi connectivity index (χ0v) is 13.3. The van der Waals surface area contributed by atoms with Crippen molar-refractivity contribution < 1.29 is 9.53 Å². The van der Waals surface area contributed by atoms with Crippen molar-refractivity contribution in [2.45, 2.75) is 19.5 Å². The minimum atomic E-state index is -0.362. The highest BCUT2D eigenvalue weighted by molar-refractivity contribution is 5.96. The van der Waals surface area contributed by atoms with Crippen LogP contribution < -0.4 is 5.73 Å². The number of likely N-dealkylation sites (tertiary alicyclic amines) is 1. The van der Waals surface area contributed by atoms with Gasteiger partial charge in [-0.15, -0.1) is 0 Å². The molecule has 0 amide bonds. The molecule has 2 N–H and O–H groups in total. The van der Waals surface area contributed by atoms with Crippen LogP contribution in [0.5, 0.6) is 0 Å². The van der Waals surface area contributed by atoms with Gasteiger partial charge in [0.2, 0.25) is 0 Å². The molecule has 2 atom stereocenters. The maximum Gasteiger partial charge on any atom is 0.340 e. The number of hydrogen-bond donors (Lipinski definition) is 1. The number of methoxy groups -OCH3 is 1. The number of benzene rings is 1. The molecular weight excluding hydrogens is 266 g/mol. The Balaban J connectivity index is 2.18. The van der Waals surface area contributed by atoms with Crippen molar-refractivity contribution in [3.05, 3.63) is 29.3 Å². The Labute approximate surface area is 126 Å². The Morgan fingerprint density at radius 1 is 1.43 bits per heavy atom. The lowest BCUT2D eigenvalue weighted by molar-refractivity contribution is 0.0599. The van der Waals surface area contributed by atoms with Crippen LogP contribution in [0.15, 0.2) is 18.2 Å². The van der Waals surface area contributed by atoms with Crippen LogP contribution in [0.1, 0.15) is 22.8 Å². The molecule has 0 aliphatic carbocycles. The lowest BCUT2D eigenvalue weighted by atomic mass is 10.0. The van der Waals surface area contributed by atoms with E-state index in [1.807, 2.05) is 12.1 Å². The zero-order chi connectivity index (χ0) is 15.6. The lowest BCUT2D eigenvalue weighted by Crippen LogP contribution is -2.34. The summed E-state index contributed by atoms with van der Waals surface area (Å²) in [5, 5.41) is 0. The fourth-order valence-corrected chi connectivity index (χ4v) is 3.19. The van der Waals surface area contributed by atoms with Gasteiger partial charge in [-0.25, -0.2) is 4.79 Å². The van der Waals surface area contributed by atoms with E-state index in [4.69, 9.17) is 10.5 Å². The number of anilines is 1. The largest absolute Gasteiger partial charge is 0.465 e. The summed E-state index contributed by atoms with van der Waals surface area (Å²) in [6.07, 6.45) is 0. The molecular formula is C16H25N3O2. The van der Waals surface area contributed by atoms with Crippen molar-refractivity contribution in [1.29, 1.82) is 0 Å². The summed E-state index contributed by atoms with van der Waals surface area (Å²) in [4.78, 5) is 16.6. The molecule has 1 fully saturated rings. The summed E-state index contributed by atoms with van der Waals surface area (Å²) in [7, 11) is 5.62. The van der Waals surface area contributed by atoms with E-state index in [0.717, 1.165) is 25.2 Å². The molecule has 0 saturated carbocycles. The minimum Gasteiger partial charge on any atom is -0.465 e. The van der Waals surface area contributed by atoms with Crippen LogP contribution in [0.25, 0.3) is 0 Å². The average Bonchev–Trinajstić information content (AvgIpc) is 2.79. The highest BCUT2D eigenvalue weighted by Gasteiger charge is 2.31. The normalized spacial score (nSPS) is 22.7. The predicted molar refractivity (Wildman–Crippen MR) is 84.1 cm³/mol. The molecule has 116 valence electrons. The van der Waals surface area contributed by atoms with Crippen LogP contribution >= 0.6 is 0 Å². The van der Waals surface area contributed by atoms with Crippen molar-refractivity contribution >= 4 is 11.7 Å². The Hall–Kier alpha value is -1.59. The summed E-state index contributed by atoms with van der Waals surface area (Å²) >= 11 is 0. The third-order valence-electron chi connectivity index (χ3n) is 4.28. The van der Waals surface area contributed by atoms with Crippen molar-refractivity contribution in [3.63, 3.8) is 0 Å². The van der Waals surface area contributed by atoms with E-state index in [2.05, 4.69) is 30.8 Å². The summed E-state index contributed by atoms with van der Waals surface area (Å²) in [6, 6.07) is 6.13. The SMILES string of the molecule is COC(=O)c1c(N)cccc1CN1CC(C)C(N(C)C)C1. The molecule has 5 nitrogen and oxygen atoms in total. The van der Waals surface area contributed by atoms with E-state index in [-0.39, 0.29) is 5.97 Å². The van der Waals surface area contributed by atoms with Crippen LogP contribution in [0.4, 0.5) is 5.69 Å². The molecule has 0 spiro atoms. The van der Waals surface area contributed by atoms with Crippen molar-refractivity contribution in [2.75, 3.05) is 40.0 Å². The quantitative estimate of drug-likeness (QED) is 0.672. The highest BCUT2D eigenvalue weighted by atomic mass is 16.5. The number of carbonyl (C=O) groups excluding carboxylic acids is 1. The van der Waals surface area contributed by atoms with Gasteiger partial charge in [0.05, 0.1) is 12.7 Å². The first kappa shape index (κ1) is 15.8. The Morgan fingerprint density at radius 3 is 2.71 bits per heavy atom. The minimum absolute atomic E-state index is 0.362. The van der Waals surface area contributed by atoms with Crippen LogP contribution in [0, 0.1) is 5.92 Å². The smallest absolute Gasteiger partial charge is 0.340 e. The van der Waals surface area contributed by atoms with Crippen LogP contribution in [0.3, 0.4) is 0 Å². The maximum absolute atomic E-state index is 11.9. The number of hydrogen-bond acceptors (Lipinski definition) is 5. The van der Waals surface area contributed by atoms with Crippen molar-refractivity contribution in [1.82, 2.24) is 9.80 Å². The van der Waals surface area contributed by atoms with Gasteiger partial charge in [-0.3, -0.25) is 4.90 Å². The second-order valence-corrected chi connectivity index (χ2v) is 6.08.